The summed E-state index contributed by atoms with van der Waals surface area (Å²) in [5.41, 5.74) is 1.84. The van der Waals surface area contributed by atoms with Crippen molar-refractivity contribution in [2.45, 2.75) is 51.9 Å². The Kier molecular flexibility index (Phi) is 4.27. The molecule has 0 aliphatic heterocycles. The largest absolute Gasteiger partial charge is 0.481 e. The molecule has 1 heterocycles. The zero-order valence-electron chi connectivity index (χ0n) is 11.0. The monoisotopic (exact) mass is 235 g/mol. The number of hydrogen-bond acceptors (Lipinski definition) is 2. The Labute approximate surface area is 103 Å². The predicted octanol–water partition coefficient (Wildman–Crippen LogP) is 3.35. The van der Waals surface area contributed by atoms with Gasteiger partial charge in [0.25, 0.3) is 0 Å². The van der Waals surface area contributed by atoms with Gasteiger partial charge in [-0.2, -0.15) is 0 Å². The molecule has 0 aromatic carbocycles. The molecule has 0 bridgehead atoms. The van der Waals surface area contributed by atoms with Gasteiger partial charge >= 0.3 is 5.97 Å². The van der Waals surface area contributed by atoms with Crippen LogP contribution in [0.2, 0.25) is 0 Å². The fraction of sp³-hybridized carbons (Fsp3) is 0.571. The maximum atomic E-state index is 11.1. The summed E-state index contributed by atoms with van der Waals surface area (Å²) in [6, 6.07) is 3.82. The van der Waals surface area contributed by atoms with Crippen molar-refractivity contribution in [1.82, 2.24) is 4.98 Å². The van der Waals surface area contributed by atoms with E-state index in [4.69, 9.17) is 5.11 Å². The van der Waals surface area contributed by atoms with E-state index in [1.807, 2.05) is 19.1 Å². The Hall–Kier alpha value is -1.38. The van der Waals surface area contributed by atoms with Crippen molar-refractivity contribution >= 4 is 5.97 Å². The van der Waals surface area contributed by atoms with Gasteiger partial charge < -0.3 is 5.11 Å². The molecule has 94 valence electrons. The van der Waals surface area contributed by atoms with Gasteiger partial charge in [-0.3, -0.25) is 9.78 Å². The van der Waals surface area contributed by atoms with Crippen LogP contribution in [-0.2, 0) is 10.2 Å². The molecule has 0 aliphatic rings. The molecule has 0 fully saturated rings. The highest BCUT2D eigenvalue weighted by atomic mass is 16.4. The first-order chi connectivity index (χ1) is 7.86. The molecule has 1 unspecified atom stereocenters. The summed E-state index contributed by atoms with van der Waals surface area (Å²) < 4.78 is 0. The lowest BCUT2D eigenvalue weighted by molar-refractivity contribution is -0.139. The summed E-state index contributed by atoms with van der Waals surface area (Å²) in [5.74, 6) is -1.27. The van der Waals surface area contributed by atoms with E-state index in [-0.39, 0.29) is 5.41 Å². The first-order valence-electron chi connectivity index (χ1n) is 6.05. The highest BCUT2D eigenvalue weighted by Gasteiger charge is 2.21. The number of carbonyl (C=O) groups is 1. The van der Waals surface area contributed by atoms with Crippen molar-refractivity contribution in [3.63, 3.8) is 0 Å². The summed E-state index contributed by atoms with van der Waals surface area (Å²) in [6.07, 6.45) is 3.28. The van der Waals surface area contributed by atoms with Crippen molar-refractivity contribution in [1.29, 1.82) is 0 Å². The van der Waals surface area contributed by atoms with Crippen molar-refractivity contribution in [3.05, 3.63) is 29.6 Å². The maximum absolute atomic E-state index is 11.1. The van der Waals surface area contributed by atoms with E-state index in [1.165, 1.54) is 0 Å². The Balaban J connectivity index is 2.96. The van der Waals surface area contributed by atoms with Gasteiger partial charge in [-0.05, 0) is 23.5 Å². The van der Waals surface area contributed by atoms with Crippen LogP contribution in [0.1, 0.15) is 57.7 Å². The lowest BCUT2D eigenvalue weighted by atomic mass is 9.87. The summed E-state index contributed by atoms with van der Waals surface area (Å²) in [6.45, 7) is 8.33. The van der Waals surface area contributed by atoms with Gasteiger partial charge in [-0.15, -0.1) is 0 Å². The van der Waals surface area contributed by atoms with Crippen LogP contribution in [0.3, 0.4) is 0 Å². The second-order valence-corrected chi connectivity index (χ2v) is 5.40. The van der Waals surface area contributed by atoms with E-state index in [2.05, 4.69) is 25.8 Å². The first kappa shape index (κ1) is 13.7. The number of pyridine rings is 1. The number of carboxylic acid groups (broad SMARTS) is 1. The molecule has 0 saturated carbocycles. The Morgan fingerprint density at radius 3 is 2.41 bits per heavy atom. The molecule has 0 amide bonds. The second kappa shape index (κ2) is 5.30. The van der Waals surface area contributed by atoms with Crippen LogP contribution >= 0.6 is 0 Å². The van der Waals surface area contributed by atoms with Crippen LogP contribution in [0.15, 0.2) is 18.3 Å². The van der Waals surface area contributed by atoms with Crippen molar-refractivity contribution in [2.24, 2.45) is 0 Å². The molecular formula is C14H21NO2. The average Bonchev–Trinajstić information content (AvgIpc) is 2.24. The Morgan fingerprint density at radius 2 is 2.06 bits per heavy atom. The van der Waals surface area contributed by atoms with E-state index < -0.39 is 11.9 Å². The van der Waals surface area contributed by atoms with Crippen LogP contribution < -0.4 is 0 Å². The third kappa shape index (κ3) is 3.55. The Morgan fingerprint density at radius 1 is 1.41 bits per heavy atom. The van der Waals surface area contributed by atoms with Crippen LogP contribution in [0, 0.1) is 0 Å². The zero-order valence-corrected chi connectivity index (χ0v) is 11.0. The number of aliphatic carboxylic acids is 1. The van der Waals surface area contributed by atoms with Crippen LogP contribution in [0.4, 0.5) is 0 Å². The van der Waals surface area contributed by atoms with E-state index >= 15 is 0 Å². The van der Waals surface area contributed by atoms with E-state index in [0.29, 0.717) is 12.1 Å². The number of carboxylic acids is 1. The minimum atomic E-state index is -0.789. The number of aromatic nitrogens is 1. The summed E-state index contributed by atoms with van der Waals surface area (Å²) >= 11 is 0. The molecule has 1 atom stereocenters. The van der Waals surface area contributed by atoms with Crippen molar-refractivity contribution in [3.8, 4) is 0 Å². The number of nitrogens with zero attached hydrogens (tertiary/aromatic N) is 1. The minimum absolute atomic E-state index is 0.0506. The highest BCUT2D eigenvalue weighted by Crippen LogP contribution is 2.24. The molecule has 1 aromatic rings. The summed E-state index contributed by atoms with van der Waals surface area (Å²) in [7, 11) is 0. The van der Waals surface area contributed by atoms with E-state index in [9.17, 15) is 4.79 Å². The molecule has 3 nitrogen and oxygen atoms in total. The highest BCUT2D eigenvalue weighted by molar-refractivity contribution is 5.75. The average molecular weight is 235 g/mol. The fourth-order valence-corrected chi connectivity index (χ4v) is 1.74. The Bertz CT molecular complexity index is 376. The van der Waals surface area contributed by atoms with Crippen molar-refractivity contribution in [2.75, 3.05) is 0 Å². The molecule has 1 aromatic heterocycles. The lowest BCUT2D eigenvalue weighted by Crippen LogP contribution is -2.15. The molecule has 1 rings (SSSR count). The standard InChI is InChI=1S/C14H21NO2/c1-5-6-11(13(16)17)12-8-7-10(9-15-12)14(2,3)4/h7-9,11H,5-6H2,1-4H3,(H,16,17). The maximum Gasteiger partial charge on any atom is 0.312 e. The predicted molar refractivity (Wildman–Crippen MR) is 68.2 cm³/mol. The molecule has 3 heteroatoms. The lowest BCUT2D eigenvalue weighted by Gasteiger charge is -2.19. The van der Waals surface area contributed by atoms with E-state index in [1.54, 1.807) is 6.20 Å². The molecule has 1 N–H and O–H groups in total. The van der Waals surface area contributed by atoms with Crippen LogP contribution in [-0.4, -0.2) is 16.1 Å². The van der Waals surface area contributed by atoms with Crippen LogP contribution in [0.25, 0.3) is 0 Å². The first-order valence-corrected chi connectivity index (χ1v) is 6.05. The van der Waals surface area contributed by atoms with E-state index in [0.717, 1.165) is 12.0 Å². The zero-order chi connectivity index (χ0) is 13.1. The molecule has 0 aliphatic carbocycles. The third-order valence-electron chi connectivity index (χ3n) is 2.88. The normalized spacial score (nSPS) is 13.4. The fourth-order valence-electron chi connectivity index (χ4n) is 1.74. The van der Waals surface area contributed by atoms with Gasteiger partial charge in [0.1, 0.15) is 0 Å². The van der Waals surface area contributed by atoms with Crippen LogP contribution in [0.5, 0.6) is 0 Å². The summed E-state index contributed by atoms with van der Waals surface area (Å²) in [5, 5.41) is 9.15. The number of hydrogen-bond donors (Lipinski definition) is 1. The third-order valence-corrected chi connectivity index (χ3v) is 2.88. The molecule has 0 radical (unpaired) electrons. The van der Waals surface area contributed by atoms with Gasteiger partial charge in [0, 0.05) is 6.20 Å². The second-order valence-electron chi connectivity index (χ2n) is 5.40. The SMILES string of the molecule is CCCC(C(=O)O)c1ccc(C(C)(C)C)cn1. The van der Waals surface area contributed by atoms with Crippen molar-refractivity contribution < 1.29 is 9.90 Å². The molecule has 17 heavy (non-hydrogen) atoms. The molecule has 0 spiro atoms. The topological polar surface area (TPSA) is 50.2 Å². The summed E-state index contributed by atoms with van der Waals surface area (Å²) in [4.78, 5) is 15.4. The minimum Gasteiger partial charge on any atom is -0.481 e. The quantitative estimate of drug-likeness (QED) is 0.870. The van der Waals surface area contributed by atoms with Gasteiger partial charge in [0.05, 0.1) is 11.6 Å². The number of rotatable bonds is 4. The van der Waals surface area contributed by atoms with Gasteiger partial charge in [-0.25, -0.2) is 0 Å². The molecular weight excluding hydrogens is 214 g/mol. The molecule has 0 saturated heterocycles. The van der Waals surface area contributed by atoms with Gasteiger partial charge in [0.15, 0.2) is 0 Å². The van der Waals surface area contributed by atoms with Gasteiger partial charge in [-0.1, -0.05) is 40.2 Å². The van der Waals surface area contributed by atoms with Gasteiger partial charge in [0.2, 0.25) is 0 Å². The smallest absolute Gasteiger partial charge is 0.312 e.